The minimum absolute atomic E-state index is 0. The molecule has 0 amide bonds. The van der Waals surface area contributed by atoms with Gasteiger partial charge in [0.1, 0.15) is 0 Å². The van der Waals surface area contributed by atoms with E-state index in [0.29, 0.717) is 6.79 Å². The van der Waals surface area contributed by atoms with Gasteiger partial charge >= 0.3 is 0 Å². The first kappa shape index (κ1) is 11.8. The second-order valence-electron chi connectivity index (χ2n) is 5.18. The number of benzene rings is 2. The fraction of sp³-hybridized carbons (Fsp3) is 0.188. The van der Waals surface area contributed by atoms with Crippen molar-refractivity contribution in [1.82, 2.24) is 0 Å². The second kappa shape index (κ2) is 4.00. The van der Waals surface area contributed by atoms with E-state index in [1.165, 1.54) is 27.2 Å². The summed E-state index contributed by atoms with van der Waals surface area (Å²) in [6.45, 7) is 1.40. The van der Waals surface area contributed by atoms with Crippen LogP contribution >= 0.6 is 0 Å². The van der Waals surface area contributed by atoms with Gasteiger partial charge in [0, 0.05) is 17.4 Å². The summed E-state index contributed by atoms with van der Waals surface area (Å²) >= 11 is 0. The lowest BCUT2D eigenvalue weighted by molar-refractivity contribution is -0.662. The molecule has 0 saturated heterocycles. The molecule has 0 atom stereocenters. The highest BCUT2D eigenvalue weighted by Gasteiger charge is 2.25. The average molecular weight is 286 g/mol. The number of rotatable bonds is 0. The molecule has 3 nitrogen and oxygen atoms in total. The number of pyridine rings is 1. The van der Waals surface area contributed by atoms with Crippen LogP contribution in [0.3, 0.4) is 0 Å². The Bertz CT molecular complexity index is 860. The maximum Gasteiger partial charge on any atom is 0.231 e. The van der Waals surface area contributed by atoms with E-state index in [2.05, 4.69) is 41.1 Å². The van der Waals surface area contributed by atoms with E-state index in [0.717, 1.165) is 24.5 Å². The van der Waals surface area contributed by atoms with Crippen molar-refractivity contribution in [3.8, 4) is 11.5 Å². The molecule has 0 fully saturated rings. The van der Waals surface area contributed by atoms with Crippen molar-refractivity contribution in [3.63, 3.8) is 0 Å². The Kier molecular flexibility index (Phi) is 2.36. The molecule has 3 heterocycles. The topological polar surface area (TPSA) is 22.3 Å². The van der Waals surface area contributed by atoms with Gasteiger partial charge in [-0.15, -0.1) is 0 Å². The Balaban J connectivity index is 0.00000106. The molecule has 0 saturated carbocycles. The lowest BCUT2D eigenvalue weighted by Crippen LogP contribution is -3.00. The summed E-state index contributed by atoms with van der Waals surface area (Å²) in [4.78, 5) is 0. The maximum absolute atomic E-state index is 5.50. The van der Waals surface area contributed by atoms with Crippen LogP contribution in [0.5, 0.6) is 11.5 Å². The zero-order valence-electron chi connectivity index (χ0n) is 10.7. The first-order chi connectivity index (χ1) is 9.40. The van der Waals surface area contributed by atoms with Gasteiger partial charge in [-0.05, 0) is 18.2 Å². The Morgan fingerprint density at radius 2 is 1.85 bits per heavy atom. The molecule has 0 N–H and O–H groups in total. The van der Waals surface area contributed by atoms with Crippen molar-refractivity contribution >= 4 is 21.7 Å². The minimum Gasteiger partial charge on any atom is -1.00 e. The first-order valence-electron chi connectivity index (χ1n) is 6.57. The van der Waals surface area contributed by atoms with Crippen molar-refractivity contribution in [2.45, 2.75) is 13.0 Å². The molecule has 0 radical (unpaired) electrons. The van der Waals surface area contributed by atoms with Gasteiger partial charge in [-0.1, -0.05) is 12.1 Å². The molecule has 0 aliphatic carbocycles. The Labute approximate surface area is 122 Å². The number of ether oxygens (including phenoxy) is 2. The van der Waals surface area contributed by atoms with E-state index in [1.807, 2.05) is 0 Å². The van der Waals surface area contributed by atoms with Crippen LogP contribution in [-0.4, -0.2) is 6.79 Å². The third-order valence-electron chi connectivity index (χ3n) is 4.16. The monoisotopic (exact) mass is 285 g/mol. The zero-order chi connectivity index (χ0) is 12.4. The van der Waals surface area contributed by atoms with Gasteiger partial charge in [0.15, 0.2) is 24.2 Å². The fourth-order valence-electron chi connectivity index (χ4n) is 3.30. The van der Waals surface area contributed by atoms with Crippen LogP contribution in [-0.2, 0) is 13.0 Å². The van der Waals surface area contributed by atoms with E-state index in [-0.39, 0.29) is 12.4 Å². The maximum atomic E-state index is 5.50. The molecule has 3 aromatic rings. The predicted octanol–water partition coefficient (Wildman–Crippen LogP) is -0.431. The van der Waals surface area contributed by atoms with Crippen molar-refractivity contribution < 1.29 is 26.4 Å². The summed E-state index contributed by atoms with van der Waals surface area (Å²) in [5, 5.41) is 3.78. The molecule has 2 aliphatic rings. The summed E-state index contributed by atoms with van der Waals surface area (Å²) in [7, 11) is 0. The van der Waals surface area contributed by atoms with Crippen LogP contribution in [0.25, 0.3) is 21.7 Å². The quantitative estimate of drug-likeness (QED) is 0.413. The van der Waals surface area contributed by atoms with Crippen LogP contribution in [0.15, 0.2) is 36.5 Å². The highest BCUT2D eigenvalue weighted by molar-refractivity contribution is 6.06. The summed E-state index contributed by atoms with van der Waals surface area (Å²) in [5.74, 6) is 1.71. The Morgan fingerprint density at radius 3 is 2.75 bits per heavy atom. The number of fused-ring (bicyclic) bond motifs is 3. The number of hydrogen-bond donors (Lipinski definition) is 0. The Hall–Kier alpha value is -2.00. The van der Waals surface area contributed by atoms with E-state index in [4.69, 9.17) is 9.47 Å². The Morgan fingerprint density at radius 1 is 1.00 bits per heavy atom. The number of aromatic nitrogens is 1. The van der Waals surface area contributed by atoms with Gasteiger partial charge in [0.05, 0.1) is 10.8 Å². The molecular formula is C16H12ClNO2. The van der Waals surface area contributed by atoms with Gasteiger partial charge in [-0.2, -0.15) is 4.57 Å². The van der Waals surface area contributed by atoms with Crippen LogP contribution in [0.2, 0.25) is 0 Å². The van der Waals surface area contributed by atoms with E-state index < -0.39 is 0 Å². The van der Waals surface area contributed by atoms with Crippen LogP contribution in [0, 0.1) is 0 Å². The van der Waals surface area contributed by atoms with Gasteiger partial charge in [0.2, 0.25) is 12.3 Å². The largest absolute Gasteiger partial charge is 1.00 e. The summed E-state index contributed by atoms with van der Waals surface area (Å²) in [5.41, 5.74) is 2.81. The molecule has 1 aromatic heterocycles. The number of hydrogen-bond acceptors (Lipinski definition) is 2. The highest BCUT2D eigenvalue weighted by Crippen LogP contribution is 2.38. The average Bonchev–Trinajstić information content (AvgIpc) is 3.05. The summed E-state index contributed by atoms with van der Waals surface area (Å²) in [6, 6.07) is 10.8. The van der Waals surface area contributed by atoms with Gasteiger partial charge < -0.3 is 21.9 Å². The highest BCUT2D eigenvalue weighted by atomic mass is 35.5. The van der Waals surface area contributed by atoms with Crippen molar-refractivity contribution in [3.05, 3.63) is 42.1 Å². The van der Waals surface area contributed by atoms with Crippen molar-refractivity contribution in [2.75, 3.05) is 6.79 Å². The number of para-hydroxylation sites is 1. The van der Waals surface area contributed by atoms with Crippen molar-refractivity contribution in [1.29, 1.82) is 0 Å². The molecule has 2 aromatic carbocycles. The number of aryl methyl sites for hydroxylation is 2. The molecule has 100 valence electrons. The van der Waals surface area contributed by atoms with Crippen LogP contribution in [0.4, 0.5) is 0 Å². The molecule has 0 spiro atoms. The number of nitrogens with zero attached hydrogens (tertiary/aromatic N) is 1. The molecule has 0 bridgehead atoms. The predicted molar refractivity (Wildman–Crippen MR) is 71.5 cm³/mol. The lowest BCUT2D eigenvalue weighted by Gasteiger charge is -2.04. The summed E-state index contributed by atoms with van der Waals surface area (Å²) in [6.07, 6.45) is 3.36. The van der Waals surface area contributed by atoms with E-state index in [9.17, 15) is 0 Å². The van der Waals surface area contributed by atoms with E-state index >= 15 is 0 Å². The molecular weight excluding hydrogens is 274 g/mol. The first-order valence-corrected chi connectivity index (χ1v) is 6.57. The smallest absolute Gasteiger partial charge is 0.231 e. The standard InChI is InChI=1S/C16H12NO2.ClH/c1-2-10-4-5-17-8-11-6-14-15(19-9-18-14)7-13(11)12(3-1)16(10)17;/h1-3,6-8H,4-5,9H2;1H/q+1;/p-1. The minimum atomic E-state index is 0. The molecule has 20 heavy (non-hydrogen) atoms. The molecule has 5 rings (SSSR count). The van der Waals surface area contributed by atoms with Gasteiger partial charge in [0.25, 0.3) is 0 Å². The zero-order valence-corrected chi connectivity index (χ0v) is 11.5. The SMILES string of the molecule is [Cl-].c1cc2c3c(c1)c1cc4c(cc1c[n+]3CC2)OCO4. The molecule has 0 unspecified atom stereocenters. The normalized spacial score (nSPS) is 14.8. The van der Waals surface area contributed by atoms with Gasteiger partial charge in [-0.3, -0.25) is 0 Å². The molecule has 4 heteroatoms. The third-order valence-corrected chi connectivity index (χ3v) is 4.16. The third kappa shape index (κ3) is 1.38. The van der Waals surface area contributed by atoms with Crippen molar-refractivity contribution in [2.24, 2.45) is 0 Å². The lowest BCUT2D eigenvalue weighted by atomic mass is 10.0. The van der Waals surface area contributed by atoms with E-state index in [1.54, 1.807) is 0 Å². The summed E-state index contributed by atoms with van der Waals surface area (Å²) < 4.78 is 13.3. The van der Waals surface area contributed by atoms with Gasteiger partial charge in [-0.25, -0.2) is 0 Å². The van der Waals surface area contributed by atoms with Crippen LogP contribution < -0.4 is 26.4 Å². The second-order valence-corrected chi connectivity index (χ2v) is 5.18. The van der Waals surface area contributed by atoms with Crippen LogP contribution in [0.1, 0.15) is 5.56 Å². The molecule has 2 aliphatic heterocycles. The fourth-order valence-corrected chi connectivity index (χ4v) is 3.30. The number of halogens is 1.